The molecule has 1 fully saturated rings. The Morgan fingerprint density at radius 2 is 1.90 bits per heavy atom. The number of nitrogens with one attached hydrogen (secondary N) is 2. The summed E-state index contributed by atoms with van der Waals surface area (Å²) in [4.78, 5) is 18.4. The number of nitrogens with zero attached hydrogens (tertiary/aromatic N) is 1. The first-order chi connectivity index (χ1) is 14.1. The average Bonchev–Trinajstić information content (AvgIpc) is 3.03. The van der Waals surface area contributed by atoms with Gasteiger partial charge in [0.15, 0.2) is 0 Å². The summed E-state index contributed by atoms with van der Waals surface area (Å²) >= 11 is 0. The van der Waals surface area contributed by atoms with Crippen LogP contribution in [0.3, 0.4) is 0 Å². The predicted octanol–water partition coefficient (Wildman–Crippen LogP) is 4.57. The number of piperidine rings is 1. The van der Waals surface area contributed by atoms with Crippen LogP contribution in [0.25, 0.3) is 10.9 Å². The molecule has 0 radical (unpaired) electrons. The highest BCUT2D eigenvalue weighted by atomic mass is 16.1. The fraction of sp³-hybridized carbons (Fsp3) is 0.400. The number of benzene rings is 2. The first-order valence-corrected chi connectivity index (χ1v) is 10.7. The number of carbonyl (C=O) groups excluding carboxylic acids is 1. The van der Waals surface area contributed by atoms with Gasteiger partial charge >= 0.3 is 0 Å². The molecule has 0 bridgehead atoms. The van der Waals surface area contributed by atoms with E-state index in [1.54, 1.807) is 0 Å². The first kappa shape index (κ1) is 19.7. The molecule has 1 saturated heterocycles. The number of para-hydroxylation sites is 1. The van der Waals surface area contributed by atoms with Gasteiger partial charge in [0.25, 0.3) is 0 Å². The number of amides is 1. The van der Waals surface area contributed by atoms with Crippen molar-refractivity contribution in [3.05, 3.63) is 70.9 Å². The van der Waals surface area contributed by atoms with Crippen molar-refractivity contribution in [3.8, 4) is 0 Å². The Labute approximate surface area is 173 Å². The van der Waals surface area contributed by atoms with Gasteiger partial charge < -0.3 is 10.3 Å². The Kier molecular flexibility index (Phi) is 6.00. The molecule has 4 heteroatoms. The van der Waals surface area contributed by atoms with Crippen LogP contribution in [-0.2, 0) is 24.3 Å². The third kappa shape index (κ3) is 4.88. The Morgan fingerprint density at radius 1 is 1.14 bits per heavy atom. The summed E-state index contributed by atoms with van der Waals surface area (Å²) in [7, 11) is 0. The third-order valence-electron chi connectivity index (χ3n) is 6.02. The van der Waals surface area contributed by atoms with Gasteiger partial charge in [-0.25, -0.2) is 0 Å². The highest BCUT2D eigenvalue weighted by Crippen LogP contribution is 2.22. The van der Waals surface area contributed by atoms with Crippen LogP contribution in [0.2, 0.25) is 0 Å². The summed E-state index contributed by atoms with van der Waals surface area (Å²) < 4.78 is 0. The van der Waals surface area contributed by atoms with Crippen LogP contribution in [0.5, 0.6) is 0 Å². The fourth-order valence-electron chi connectivity index (χ4n) is 4.44. The minimum atomic E-state index is 0.0595. The number of aromatic amines is 1. The van der Waals surface area contributed by atoms with E-state index in [4.69, 9.17) is 0 Å². The normalized spacial score (nSPS) is 17.5. The molecule has 4 nitrogen and oxygen atoms in total. The molecule has 1 unspecified atom stereocenters. The smallest absolute Gasteiger partial charge is 0.224 e. The second-order valence-corrected chi connectivity index (χ2v) is 8.53. The van der Waals surface area contributed by atoms with Crippen molar-refractivity contribution in [1.29, 1.82) is 0 Å². The largest absolute Gasteiger partial charge is 0.358 e. The van der Waals surface area contributed by atoms with Crippen molar-refractivity contribution < 1.29 is 4.79 Å². The van der Waals surface area contributed by atoms with E-state index >= 15 is 0 Å². The zero-order chi connectivity index (χ0) is 20.2. The maximum atomic E-state index is 12.5. The molecule has 1 atom stereocenters. The lowest BCUT2D eigenvalue weighted by Gasteiger charge is -2.30. The molecule has 152 valence electrons. The van der Waals surface area contributed by atoms with Crippen molar-refractivity contribution >= 4 is 16.8 Å². The van der Waals surface area contributed by atoms with Crippen LogP contribution in [0.1, 0.15) is 42.1 Å². The van der Waals surface area contributed by atoms with Gasteiger partial charge in [0.05, 0.1) is 6.42 Å². The summed E-state index contributed by atoms with van der Waals surface area (Å²) in [6.07, 6.45) is 3.06. The minimum Gasteiger partial charge on any atom is -0.358 e. The lowest BCUT2D eigenvalue weighted by atomic mass is 9.99. The lowest BCUT2D eigenvalue weighted by Crippen LogP contribution is -2.33. The van der Waals surface area contributed by atoms with E-state index in [1.165, 1.54) is 31.5 Å². The van der Waals surface area contributed by atoms with Gasteiger partial charge in [-0.1, -0.05) is 49.4 Å². The Hall–Kier alpha value is -2.59. The molecule has 2 N–H and O–H groups in total. The van der Waals surface area contributed by atoms with E-state index in [0.29, 0.717) is 13.0 Å². The van der Waals surface area contributed by atoms with Crippen LogP contribution in [0.4, 0.5) is 0 Å². The van der Waals surface area contributed by atoms with E-state index in [1.807, 2.05) is 19.1 Å². The number of carbonyl (C=O) groups is 1. The van der Waals surface area contributed by atoms with E-state index in [9.17, 15) is 4.79 Å². The predicted molar refractivity (Wildman–Crippen MR) is 119 cm³/mol. The van der Waals surface area contributed by atoms with Gasteiger partial charge in [0.2, 0.25) is 5.91 Å². The monoisotopic (exact) mass is 389 g/mol. The highest BCUT2D eigenvalue weighted by molar-refractivity contribution is 5.90. The maximum absolute atomic E-state index is 12.5. The Balaban J connectivity index is 1.30. The van der Waals surface area contributed by atoms with Crippen LogP contribution in [0, 0.1) is 12.8 Å². The van der Waals surface area contributed by atoms with Gasteiger partial charge in [0, 0.05) is 36.2 Å². The summed E-state index contributed by atoms with van der Waals surface area (Å²) in [5.41, 5.74) is 5.74. The van der Waals surface area contributed by atoms with Crippen LogP contribution in [-0.4, -0.2) is 28.9 Å². The summed E-state index contributed by atoms with van der Waals surface area (Å²) in [6.45, 7) is 8.37. The molecule has 0 spiro atoms. The topological polar surface area (TPSA) is 48.1 Å². The van der Waals surface area contributed by atoms with Gasteiger partial charge in [-0.05, 0) is 55.0 Å². The van der Waals surface area contributed by atoms with Crippen molar-refractivity contribution in [3.63, 3.8) is 0 Å². The zero-order valence-corrected chi connectivity index (χ0v) is 17.5. The zero-order valence-electron chi connectivity index (χ0n) is 17.5. The third-order valence-corrected chi connectivity index (χ3v) is 6.02. The number of aryl methyl sites for hydroxylation is 1. The second kappa shape index (κ2) is 8.83. The van der Waals surface area contributed by atoms with E-state index in [2.05, 4.69) is 58.5 Å². The molecule has 2 heterocycles. The molecule has 0 aliphatic carbocycles. The van der Waals surface area contributed by atoms with E-state index in [0.717, 1.165) is 40.2 Å². The molecule has 1 aliphatic heterocycles. The number of fused-ring (bicyclic) bond motifs is 1. The van der Waals surface area contributed by atoms with Crippen molar-refractivity contribution in [2.75, 3.05) is 13.1 Å². The molecule has 29 heavy (non-hydrogen) atoms. The molecule has 0 saturated carbocycles. The van der Waals surface area contributed by atoms with Crippen LogP contribution in [0.15, 0.2) is 48.5 Å². The molecule has 1 aromatic heterocycles. The average molecular weight is 390 g/mol. The molecule has 1 amide bonds. The Morgan fingerprint density at radius 3 is 2.69 bits per heavy atom. The van der Waals surface area contributed by atoms with Crippen molar-refractivity contribution in [2.24, 2.45) is 5.92 Å². The molecular formula is C25H31N3O. The number of rotatable bonds is 6. The van der Waals surface area contributed by atoms with E-state index < -0.39 is 0 Å². The molecule has 1 aliphatic rings. The number of hydrogen-bond acceptors (Lipinski definition) is 2. The molecule has 2 aromatic carbocycles. The number of hydrogen-bond donors (Lipinski definition) is 2. The van der Waals surface area contributed by atoms with Crippen LogP contribution >= 0.6 is 0 Å². The number of aromatic nitrogens is 1. The quantitative estimate of drug-likeness (QED) is 0.649. The molecule has 4 rings (SSSR count). The highest BCUT2D eigenvalue weighted by Gasteiger charge is 2.16. The Bertz CT molecular complexity index is 973. The summed E-state index contributed by atoms with van der Waals surface area (Å²) in [5.74, 6) is 0.864. The summed E-state index contributed by atoms with van der Waals surface area (Å²) in [5, 5.41) is 4.21. The fourth-order valence-corrected chi connectivity index (χ4v) is 4.44. The first-order valence-electron chi connectivity index (χ1n) is 10.7. The lowest BCUT2D eigenvalue weighted by molar-refractivity contribution is -0.120. The van der Waals surface area contributed by atoms with Gasteiger partial charge in [0.1, 0.15) is 0 Å². The second-order valence-electron chi connectivity index (χ2n) is 8.53. The van der Waals surface area contributed by atoms with Crippen molar-refractivity contribution in [1.82, 2.24) is 15.2 Å². The van der Waals surface area contributed by atoms with Gasteiger partial charge in [-0.15, -0.1) is 0 Å². The number of likely N-dealkylation sites (tertiary alicyclic amines) is 1. The van der Waals surface area contributed by atoms with E-state index in [-0.39, 0.29) is 5.91 Å². The SMILES string of the molecule is Cc1[nH]c2ccccc2c1CC(=O)NCc1ccc(CN2CCCC(C)C2)cc1. The van der Waals surface area contributed by atoms with Crippen LogP contribution < -0.4 is 5.32 Å². The minimum absolute atomic E-state index is 0.0595. The molecule has 3 aromatic rings. The number of H-pyrrole nitrogens is 1. The maximum Gasteiger partial charge on any atom is 0.224 e. The standard InChI is InChI=1S/C25H31N3O/c1-18-6-5-13-28(16-18)17-21-11-9-20(10-12-21)15-26-25(29)14-23-19(2)27-24-8-4-3-7-22(23)24/h3-4,7-12,18,27H,5-6,13-17H2,1-2H3,(H,26,29). The van der Waals surface area contributed by atoms with Crippen molar-refractivity contribution in [2.45, 2.75) is 46.2 Å². The van der Waals surface area contributed by atoms with Gasteiger partial charge in [-0.2, -0.15) is 0 Å². The molecular weight excluding hydrogens is 358 g/mol. The van der Waals surface area contributed by atoms with Gasteiger partial charge in [-0.3, -0.25) is 9.69 Å². The summed E-state index contributed by atoms with van der Waals surface area (Å²) in [6, 6.07) is 16.8.